The third-order valence-electron chi connectivity index (χ3n) is 6.73. The number of nitrogens with one attached hydrogen (secondary N) is 2. The molecule has 2 aliphatic rings. The number of benzene rings is 1. The summed E-state index contributed by atoms with van der Waals surface area (Å²) in [5.41, 5.74) is 0.274. The van der Waals surface area contributed by atoms with E-state index in [1.165, 1.54) is 0 Å². The number of hydrogen-bond donors (Lipinski definition) is 3. The number of carbonyl (C=O) groups excluding carboxylic acids is 3. The average molecular weight is 524 g/mol. The molecule has 2 heterocycles. The normalized spacial score (nSPS) is 21.3. The maximum atomic E-state index is 13.3. The van der Waals surface area contributed by atoms with E-state index < -0.39 is 24.1 Å². The zero-order chi connectivity index (χ0) is 24.2. The van der Waals surface area contributed by atoms with Gasteiger partial charge in [0.1, 0.15) is 6.04 Å². The van der Waals surface area contributed by atoms with Gasteiger partial charge < -0.3 is 25.4 Å². The molecule has 3 amide bonds. The summed E-state index contributed by atoms with van der Waals surface area (Å²) in [7, 11) is 0. The van der Waals surface area contributed by atoms with E-state index in [1.54, 1.807) is 43.0 Å². The van der Waals surface area contributed by atoms with Gasteiger partial charge in [-0.25, -0.2) is 4.79 Å². The van der Waals surface area contributed by atoms with Crippen LogP contribution in [0.4, 0.5) is 4.79 Å². The monoisotopic (exact) mass is 523 g/mol. The fourth-order valence-electron chi connectivity index (χ4n) is 4.51. The fourth-order valence-corrected chi connectivity index (χ4v) is 4.77. The summed E-state index contributed by atoms with van der Waals surface area (Å²) in [5.74, 6) is -1.52. The summed E-state index contributed by atoms with van der Waals surface area (Å²) in [6.45, 7) is 4.68. The molecule has 180 valence electrons. The molecule has 3 rings (SSSR count). The van der Waals surface area contributed by atoms with Crippen LogP contribution in [0.15, 0.2) is 28.7 Å². The number of ether oxygens (including phenoxy) is 1. The Labute approximate surface area is 201 Å². The van der Waals surface area contributed by atoms with E-state index in [9.17, 15) is 19.2 Å². The Morgan fingerprint density at radius 2 is 1.82 bits per heavy atom. The highest BCUT2D eigenvalue weighted by Gasteiger charge is 2.50. The minimum absolute atomic E-state index is 0.165. The van der Waals surface area contributed by atoms with Crippen LogP contribution in [0.2, 0.25) is 0 Å². The topological polar surface area (TPSA) is 125 Å². The van der Waals surface area contributed by atoms with Gasteiger partial charge in [0, 0.05) is 35.8 Å². The van der Waals surface area contributed by atoms with Gasteiger partial charge in [0.05, 0.1) is 12.5 Å². The Morgan fingerprint density at radius 3 is 2.42 bits per heavy atom. The molecule has 33 heavy (non-hydrogen) atoms. The lowest BCUT2D eigenvalue weighted by molar-refractivity contribution is -0.141. The third-order valence-corrected chi connectivity index (χ3v) is 7.26. The minimum Gasteiger partial charge on any atom is -0.465 e. The molecule has 3 N–H and O–H groups in total. The summed E-state index contributed by atoms with van der Waals surface area (Å²) in [6, 6.07) is 5.56. The van der Waals surface area contributed by atoms with Gasteiger partial charge in [0.25, 0.3) is 0 Å². The van der Waals surface area contributed by atoms with Crippen molar-refractivity contribution in [1.82, 2.24) is 15.5 Å². The van der Waals surface area contributed by atoms with Gasteiger partial charge >= 0.3 is 6.09 Å². The Hall–Kier alpha value is -2.46. The highest BCUT2D eigenvalue weighted by atomic mass is 79.9. The van der Waals surface area contributed by atoms with Crippen molar-refractivity contribution >= 4 is 39.6 Å². The van der Waals surface area contributed by atoms with Crippen molar-refractivity contribution in [3.8, 4) is 0 Å². The average Bonchev–Trinajstić information content (AvgIpc) is 3.15. The Bertz CT molecular complexity index is 900. The number of likely N-dealkylation sites (tertiary alicyclic amines) is 1. The van der Waals surface area contributed by atoms with Gasteiger partial charge in [-0.15, -0.1) is 0 Å². The second-order valence-electron chi connectivity index (χ2n) is 8.97. The Balaban J connectivity index is 1.72. The molecule has 1 aromatic rings. The second kappa shape index (κ2) is 10.6. The van der Waals surface area contributed by atoms with Crippen LogP contribution in [-0.4, -0.2) is 72.1 Å². The summed E-state index contributed by atoms with van der Waals surface area (Å²) in [6.07, 6.45) is 0.782. The third kappa shape index (κ3) is 6.11. The SMILES string of the molecule is CC(C(=O)N1CC2(CCOCC2)CC1C(=O)NCC(=O)c1ccc(Br)cc1)[C@H](C)NC(=O)O. The van der Waals surface area contributed by atoms with E-state index in [-0.39, 0.29) is 29.6 Å². The van der Waals surface area contributed by atoms with Gasteiger partial charge in [0.15, 0.2) is 5.78 Å². The van der Waals surface area contributed by atoms with E-state index in [1.807, 2.05) is 0 Å². The number of Topliss-reactive ketones (excluding diaryl/α,β-unsaturated/α-hetero) is 1. The summed E-state index contributed by atoms with van der Waals surface area (Å²) in [5, 5.41) is 14.0. The molecule has 0 aromatic heterocycles. The Morgan fingerprint density at radius 1 is 1.18 bits per heavy atom. The van der Waals surface area contributed by atoms with Crippen molar-refractivity contribution in [2.75, 3.05) is 26.3 Å². The number of carboxylic acid groups (broad SMARTS) is 1. The number of carbonyl (C=O) groups is 4. The zero-order valence-electron chi connectivity index (χ0n) is 18.8. The first-order chi connectivity index (χ1) is 15.6. The van der Waals surface area contributed by atoms with Gasteiger partial charge in [0.2, 0.25) is 11.8 Å². The van der Waals surface area contributed by atoms with Crippen molar-refractivity contribution in [1.29, 1.82) is 0 Å². The standard InChI is InChI=1S/C23H30BrN3O6/c1-14(15(2)26-22(31)32)21(30)27-13-23(7-9-33-10-8-23)11-18(27)20(29)25-12-19(28)16-3-5-17(24)6-4-16/h3-6,14-15,18,26H,7-13H2,1-2H3,(H,25,29)(H,31,32)/t14?,15-,18?/m0/s1. The maximum absolute atomic E-state index is 13.3. The van der Waals surface area contributed by atoms with Crippen molar-refractivity contribution in [3.63, 3.8) is 0 Å². The maximum Gasteiger partial charge on any atom is 0.404 e. The van der Waals surface area contributed by atoms with Crippen LogP contribution in [0.1, 0.15) is 43.5 Å². The predicted octanol–water partition coefficient (Wildman–Crippen LogP) is 2.44. The van der Waals surface area contributed by atoms with E-state index in [4.69, 9.17) is 9.84 Å². The number of rotatable bonds is 7. The smallest absolute Gasteiger partial charge is 0.404 e. The molecular weight excluding hydrogens is 494 g/mol. The number of amides is 3. The van der Waals surface area contributed by atoms with Crippen molar-refractivity contribution in [3.05, 3.63) is 34.3 Å². The van der Waals surface area contributed by atoms with Crippen LogP contribution < -0.4 is 10.6 Å². The number of halogens is 1. The molecule has 10 heteroatoms. The second-order valence-corrected chi connectivity index (χ2v) is 9.89. The molecule has 0 bridgehead atoms. The van der Waals surface area contributed by atoms with Crippen molar-refractivity contribution < 1.29 is 29.0 Å². The van der Waals surface area contributed by atoms with Crippen LogP contribution in [0.25, 0.3) is 0 Å². The van der Waals surface area contributed by atoms with Crippen LogP contribution >= 0.6 is 15.9 Å². The van der Waals surface area contributed by atoms with Gasteiger partial charge in [-0.1, -0.05) is 35.0 Å². The van der Waals surface area contributed by atoms with Crippen LogP contribution in [0.5, 0.6) is 0 Å². The molecule has 0 radical (unpaired) electrons. The van der Waals surface area contributed by atoms with Crippen molar-refractivity contribution in [2.24, 2.45) is 11.3 Å². The first kappa shape index (κ1) is 25.2. The van der Waals surface area contributed by atoms with Crippen LogP contribution in [-0.2, 0) is 14.3 Å². The van der Waals surface area contributed by atoms with Gasteiger partial charge in [-0.05, 0) is 43.7 Å². The lowest BCUT2D eigenvalue weighted by atomic mass is 9.78. The summed E-state index contributed by atoms with van der Waals surface area (Å²) >= 11 is 3.33. The Kier molecular flexibility index (Phi) is 8.12. The van der Waals surface area contributed by atoms with Gasteiger partial charge in [-0.2, -0.15) is 0 Å². The number of hydrogen-bond acceptors (Lipinski definition) is 5. The zero-order valence-corrected chi connectivity index (χ0v) is 20.4. The first-order valence-electron chi connectivity index (χ1n) is 11.1. The largest absolute Gasteiger partial charge is 0.465 e. The number of nitrogens with zero attached hydrogens (tertiary/aromatic N) is 1. The van der Waals surface area contributed by atoms with E-state index >= 15 is 0 Å². The number of ketones is 1. The summed E-state index contributed by atoms with van der Waals surface area (Å²) < 4.78 is 6.34. The molecule has 2 aliphatic heterocycles. The predicted molar refractivity (Wildman–Crippen MR) is 124 cm³/mol. The highest BCUT2D eigenvalue weighted by molar-refractivity contribution is 9.10. The van der Waals surface area contributed by atoms with Crippen LogP contribution in [0.3, 0.4) is 0 Å². The highest BCUT2D eigenvalue weighted by Crippen LogP contribution is 2.43. The van der Waals surface area contributed by atoms with E-state index in [0.29, 0.717) is 31.7 Å². The van der Waals surface area contributed by atoms with Gasteiger partial charge in [-0.3, -0.25) is 14.4 Å². The van der Waals surface area contributed by atoms with E-state index in [2.05, 4.69) is 26.6 Å². The molecule has 1 spiro atoms. The quantitative estimate of drug-likeness (QED) is 0.471. The molecule has 9 nitrogen and oxygen atoms in total. The molecule has 2 fully saturated rings. The lowest BCUT2D eigenvalue weighted by Crippen LogP contribution is -2.51. The molecule has 2 unspecified atom stereocenters. The van der Waals surface area contributed by atoms with E-state index in [0.717, 1.165) is 17.3 Å². The first-order valence-corrected chi connectivity index (χ1v) is 11.9. The molecule has 2 saturated heterocycles. The molecule has 0 aliphatic carbocycles. The molecule has 3 atom stereocenters. The van der Waals surface area contributed by atoms with Crippen molar-refractivity contribution in [2.45, 2.75) is 45.2 Å². The fraction of sp³-hybridized carbons (Fsp3) is 0.565. The lowest BCUT2D eigenvalue weighted by Gasteiger charge is -2.33. The van der Waals surface area contributed by atoms with Crippen LogP contribution in [0, 0.1) is 11.3 Å². The minimum atomic E-state index is -1.20. The summed E-state index contributed by atoms with van der Waals surface area (Å²) in [4.78, 5) is 51.5. The molecule has 0 saturated carbocycles. The molecule has 1 aromatic carbocycles. The molecular formula is C23H30BrN3O6.